The molecule has 1 N–H and O–H groups in total. The number of esters is 1. The van der Waals surface area contributed by atoms with Crippen LogP contribution in [-0.4, -0.2) is 35.1 Å². The topological polar surface area (TPSA) is 63.6 Å². The molecule has 0 atom stereocenters. The fraction of sp³-hybridized carbons (Fsp3) is 0.333. The summed E-state index contributed by atoms with van der Waals surface area (Å²) in [6.45, 7) is 0. The summed E-state index contributed by atoms with van der Waals surface area (Å²) in [7, 11) is 1.01. The van der Waals surface area contributed by atoms with Crippen molar-refractivity contribution in [2.24, 2.45) is 0 Å². The van der Waals surface area contributed by atoms with Gasteiger partial charge < -0.3 is 9.84 Å². The van der Waals surface area contributed by atoms with Crippen molar-refractivity contribution in [3.05, 3.63) is 0 Å². The summed E-state index contributed by atoms with van der Waals surface area (Å²) in [5.74, 6) is -2.80. The Morgan fingerprint density at radius 2 is 1.78 bits per heavy atom. The van der Waals surface area contributed by atoms with Gasteiger partial charge >= 0.3 is 11.9 Å². The number of aliphatic carboxylic acids is 1. The molecule has 0 aliphatic rings. The fourth-order valence-corrected chi connectivity index (χ4v) is 0.0873. The van der Waals surface area contributed by atoms with Crippen LogP contribution in [0.4, 0.5) is 0 Å². The quantitative estimate of drug-likeness (QED) is 0.297. The predicted molar refractivity (Wildman–Crippen MR) is 29.6 cm³/mol. The van der Waals surface area contributed by atoms with Gasteiger partial charge in [0.15, 0.2) is 0 Å². The molecule has 0 saturated heterocycles. The number of rotatable bonds is 0. The number of hydrogen-bond acceptors (Lipinski definition) is 3. The zero-order valence-electron chi connectivity index (χ0n) is 5.12. The Morgan fingerprint density at radius 3 is 1.78 bits per heavy atom. The first-order valence-corrected chi connectivity index (χ1v) is 1.49. The maximum Gasteiger partial charge on any atom is 0.417 e. The van der Waals surface area contributed by atoms with Gasteiger partial charge in [-0.3, -0.25) is 0 Å². The van der Waals surface area contributed by atoms with E-state index in [0.29, 0.717) is 0 Å². The molecule has 9 heavy (non-hydrogen) atoms. The Bertz CT molecular complexity index is 104. The van der Waals surface area contributed by atoms with E-state index in [1.54, 1.807) is 0 Å². The van der Waals surface area contributed by atoms with E-state index in [2.05, 4.69) is 4.74 Å². The van der Waals surface area contributed by atoms with Crippen LogP contribution in [0.3, 0.4) is 0 Å². The standard InChI is InChI=1S/C3H4O4.Nb.H3Si/c1-7-3(6)2(4)5;;/h1H3,(H,4,5);;1H3. The summed E-state index contributed by atoms with van der Waals surface area (Å²) in [4.78, 5) is 19.1. The zero-order valence-corrected chi connectivity index (χ0v) is 9.32. The van der Waals surface area contributed by atoms with Crippen LogP contribution >= 0.6 is 0 Å². The molecule has 0 aromatic rings. The molecule has 0 aromatic carbocycles. The molecule has 0 heterocycles. The molecule has 0 fully saturated rings. The number of methoxy groups -OCH3 is 1. The van der Waals surface area contributed by atoms with Gasteiger partial charge in [-0.05, 0) is 11.0 Å². The summed E-state index contributed by atoms with van der Waals surface area (Å²) in [5.41, 5.74) is 0. The number of ether oxygens (including phenoxy) is 1. The van der Waals surface area contributed by atoms with Crippen molar-refractivity contribution >= 4 is 22.9 Å². The first-order chi connectivity index (χ1) is 3.18. The number of hydrogen-bond donors (Lipinski definition) is 1. The van der Waals surface area contributed by atoms with Gasteiger partial charge in [0.25, 0.3) is 0 Å². The Kier molecular flexibility index (Phi) is 14.0. The molecular weight excluding hydrogens is 221 g/mol. The average molecular weight is 228 g/mol. The van der Waals surface area contributed by atoms with Gasteiger partial charge in [0.05, 0.1) is 7.11 Å². The van der Waals surface area contributed by atoms with E-state index in [1.165, 1.54) is 0 Å². The van der Waals surface area contributed by atoms with Crippen LogP contribution in [0.25, 0.3) is 0 Å². The molecule has 0 spiro atoms. The second-order valence-corrected chi connectivity index (χ2v) is 0.797. The normalized spacial score (nSPS) is 5.89. The third-order valence-electron chi connectivity index (χ3n) is 0.360. The second kappa shape index (κ2) is 7.90. The molecule has 0 bridgehead atoms. The van der Waals surface area contributed by atoms with Crippen molar-refractivity contribution in [3.8, 4) is 0 Å². The monoisotopic (exact) mass is 228 g/mol. The van der Waals surface area contributed by atoms with Gasteiger partial charge in [-0.1, -0.05) is 0 Å². The van der Waals surface area contributed by atoms with Gasteiger partial charge in [-0.2, -0.15) is 0 Å². The predicted octanol–water partition coefficient (Wildman–Crippen LogP) is -1.94. The van der Waals surface area contributed by atoms with Crippen LogP contribution in [0.1, 0.15) is 0 Å². The molecule has 6 heteroatoms. The molecule has 0 saturated carbocycles. The molecule has 0 rings (SSSR count). The first kappa shape index (κ1) is 16.0. The fourth-order valence-electron chi connectivity index (χ4n) is 0.0873. The van der Waals surface area contributed by atoms with Crippen LogP contribution in [0, 0.1) is 0 Å². The number of carboxylic acids is 1. The van der Waals surface area contributed by atoms with Gasteiger partial charge in [-0.15, -0.1) is 0 Å². The van der Waals surface area contributed by atoms with E-state index >= 15 is 0 Å². The Balaban J connectivity index is -0.000000180. The molecule has 4 nitrogen and oxygen atoms in total. The second-order valence-electron chi connectivity index (χ2n) is 0.797. The molecular formula is C3H7NbO4Si. The van der Waals surface area contributed by atoms with Crippen molar-refractivity contribution in [1.82, 2.24) is 0 Å². The van der Waals surface area contributed by atoms with E-state index in [-0.39, 0.29) is 33.3 Å². The summed E-state index contributed by atoms with van der Waals surface area (Å²) in [6.07, 6.45) is 0. The van der Waals surface area contributed by atoms with Crippen LogP contribution in [0.15, 0.2) is 0 Å². The van der Waals surface area contributed by atoms with Gasteiger partial charge in [0.1, 0.15) is 0 Å². The van der Waals surface area contributed by atoms with Gasteiger partial charge in [-0.25, -0.2) is 9.59 Å². The summed E-state index contributed by atoms with van der Waals surface area (Å²) >= 11 is 0. The summed E-state index contributed by atoms with van der Waals surface area (Å²) in [6, 6.07) is 0. The van der Waals surface area contributed by atoms with Crippen LogP contribution < -0.4 is 0 Å². The summed E-state index contributed by atoms with van der Waals surface area (Å²) < 4.78 is 3.77. The SMILES string of the molecule is COC(=O)C(=O)O.[Nb].[SiH3]. The van der Waals surface area contributed by atoms with E-state index in [9.17, 15) is 9.59 Å². The van der Waals surface area contributed by atoms with Gasteiger partial charge in [0.2, 0.25) is 0 Å². The average Bonchev–Trinajstić information content (AvgIpc) is 1.65. The van der Waals surface area contributed by atoms with Crippen molar-refractivity contribution in [1.29, 1.82) is 0 Å². The third kappa shape index (κ3) is 7.90. The smallest absolute Gasteiger partial charge is 0.417 e. The largest absolute Gasteiger partial charge is 0.473 e. The van der Waals surface area contributed by atoms with E-state index in [4.69, 9.17) is 5.11 Å². The van der Waals surface area contributed by atoms with Crippen LogP contribution in [0.2, 0.25) is 0 Å². The molecule has 0 aliphatic carbocycles. The Labute approximate surface area is 72.1 Å². The molecule has 52 valence electrons. The maximum absolute atomic E-state index is 9.69. The minimum absolute atomic E-state index is 0. The minimum atomic E-state index is -1.57. The van der Waals surface area contributed by atoms with Crippen LogP contribution in [-0.2, 0) is 36.7 Å². The number of carbonyl (C=O) groups is 2. The van der Waals surface area contributed by atoms with Crippen molar-refractivity contribution < 1.29 is 41.8 Å². The Hall–Kier alpha value is -0.103. The maximum atomic E-state index is 9.69. The summed E-state index contributed by atoms with van der Waals surface area (Å²) in [5, 5.41) is 7.71. The van der Waals surface area contributed by atoms with Crippen molar-refractivity contribution in [2.45, 2.75) is 0 Å². The molecule has 0 aliphatic heterocycles. The third-order valence-corrected chi connectivity index (χ3v) is 0.360. The number of carboxylic acid groups (broad SMARTS) is 1. The van der Waals surface area contributed by atoms with Crippen molar-refractivity contribution in [2.75, 3.05) is 7.11 Å². The minimum Gasteiger partial charge on any atom is -0.473 e. The number of carbonyl (C=O) groups excluding carboxylic acids is 1. The van der Waals surface area contributed by atoms with Crippen LogP contribution in [0.5, 0.6) is 0 Å². The zero-order chi connectivity index (χ0) is 5.86. The molecule has 0 unspecified atom stereocenters. The van der Waals surface area contributed by atoms with E-state index in [1.807, 2.05) is 0 Å². The van der Waals surface area contributed by atoms with E-state index < -0.39 is 11.9 Å². The van der Waals surface area contributed by atoms with Gasteiger partial charge in [0, 0.05) is 22.4 Å². The molecule has 0 amide bonds. The molecule has 2 radical (unpaired) electrons. The van der Waals surface area contributed by atoms with E-state index in [0.717, 1.165) is 7.11 Å². The Morgan fingerprint density at radius 1 is 1.44 bits per heavy atom. The molecule has 0 aromatic heterocycles. The first-order valence-electron chi connectivity index (χ1n) is 1.49. The van der Waals surface area contributed by atoms with Crippen molar-refractivity contribution in [3.63, 3.8) is 0 Å².